The summed E-state index contributed by atoms with van der Waals surface area (Å²) in [4.78, 5) is 21.5. The number of nitrogens with zero attached hydrogens (tertiary/aromatic N) is 2. The highest BCUT2D eigenvalue weighted by Crippen LogP contribution is 2.29. The van der Waals surface area contributed by atoms with Crippen LogP contribution in [-0.4, -0.2) is 21.6 Å². The van der Waals surface area contributed by atoms with Crippen molar-refractivity contribution in [2.45, 2.75) is 25.3 Å². The molecule has 0 aliphatic heterocycles. The van der Waals surface area contributed by atoms with Gasteiger partial charge < -0.3 is 5.32 Å². The molecule has 2 aromatic heterocycles. The molecule has 0 radical (unpaired) electrons. The van der Waals surface area contributed by atoms with Gasteiger partial charge in [-0.05, 0) is 49.2 Å². The lowest BCUT2D eigenvalue weighted by molar-refractivity contribution is -0.115. The van der Waals surface area contributed by atoms with Crippen molar-refractivity contribution >= 4 is 66.9 Å². The zero-order valence-corrected chi connectivity index (χ0v) is 17.8. The molecule has 1 N–H and O–H groups in total. The van der Waals surface area contributed by atoms with Crippen LogP contribution >= 0.6 is 34.7 Å². The van der Waals surface area contributed by atoms with E-state index in [-0.39, 0.29) is 5.91 Å². The van der Waals surface area contributed by atoms with Crippen LogP contribution in [0.15, 0.2) is 47.5 Å². The zero-order valence-electron chi connectivity index (χ0n) is 15.5. The molecule has 0 saturated heterocycles. The zero-order chi connectivity index (χ0) is 19.7. The van der Waals surface area contributed by atoms with Crippen molar-refractivity contribution in [1.82, 2.24) is 9.97 Å². The number of carbonyl (C=O) groups excluding carboxylic acids is 1. The minimum absolute atomic E-state index is 0.0497. The summed E-state index contributed by atoms with van der Waals surface area (Å²) in [6.45, 7) is 4.17. The van der Waals surface area contributed by atoms with Crippen LogP contribution in [0.1, 0.15) is 17.5 Å². The lowest BCUT2D eigenvalue weighted by atomic mass is 10.1. The number of hydrogen-bond donors (Lipinski definition) is 1. The summed E-state index contributed by atoms with van der Waals surface area (Å²) in [5.74, 6) is 0.609. The van der Waals surface area contributed by atoms with Crippen LogP contribution in [0.2, 0.25) is 5.02 Å². The van der Waals surface area contributed by atoms with Gasteiger partial charge in [-0.2, -0.15) is 0 Å². The first-order valence-electron chi connectivity index (χ1n) is 8.85. The summed E-state index contributed by atoms with van der Waals surface area (Å²) in [6.07, 6.45) is 0.397. The van der Waals surface area contributed by atoms with Gasteiger partial charge in [-0.15, -0.1) is 11.8 Å². The van der Waals surface area contributed by atoms with Crippen molar-refractivity contribution in [3.05, 3.63) is 58.6 Å². The molecular formula is C21H18ClN3OS2. The number of thioether (sulfide) groups is 1. The molecule has 4 nitrogen and oxygen atoms in total. The number of amides is 1. The molecule has 0 bridgehead atoms. The summed E-state index contributed by atoms with van der Waals surface area (Å²) in [7, 11) is 0. The highest BCUT2D eigenvalue weighted by atomic mass is 35.5. The van der Waals surface area contributed by atoms with E-state index in [0.717, 1.165) is 26.3 Å². The minimum Gasteiger partial charge on any atom is -0.302 e. The second-order valence-electron chi connectivity index (χ2n) is 6.53. The van der Waals surface area contributed by atoms with Gasteiger partial charge in [0, 0.05) is 22.6 Å². The Bertz CT molecular complexity index is 1190. The van der Waals surface area contributed by atoms with Crippen molar-refractivity contribution in [2.24, 2.45) is 0 Å². The second kappa shape index (κ2) is 8.07. The number of halogens is 1. The molecule has 7 heteroatoms. The van der Waals surface area contributed by atoms with Crippen molar-refractivity contribution < 1.29 is 4.79 Å². The maximum absolute atomic E-state index is 12.3. The highest BCUT2D eigenvalue weighted by molar-refractivity contribution is 7.99. The van der Waals surface area contributed by atoms with E-state index in [1.807, 2.05) is 12.1 Å². The van der Waals surface area contributed by atoms with Crippen molar-refractivity contribution in [3.63, 3.8) is 0 Å². The number of anilines is 1. The molecule has 0 saturated carbocycles. The Labute approximate surface area is 176 Å². The highest BCUT2D eigenvalue weighted by Gasteiger charge is 2.10. The quantitative estimate of drug-likeness (QED) is 0.383. The summed E-state index contributed by atoms with van der Waals surface area (Å²) in [6, 6.07) is 13.8. The van der Waals surface area contributed by atoms with E-state index in [0.29, 0.717) is 22.3 Å². The molecule has 0 aliphatic carbocycles. The minimum atomic E-state index is -0.0497. The smallest absolute Gasteiger partial charge is 0.226 e. The number of fused-ring (bicyclic) bond motifs is 2. The standard InChI is InChI=1S/C21H18ClN3OS2/c1-12-4-3-5-15-13(2)10-19(25-20(12)15)27-9-8-18(26)24-21-23-16-7-6-14(22)11-17(16)28-21/h3-7,10-11H,8-9H2,1-2H3,(H,23,24,26). The number of benzene rings is 2. The first-order chi connectivity index (χ1) is 13.5. The average molecular weight is 428 g/mol. The normalized spacial score (nSPS) is 11.2. The van der Waals surface area contributed by atoms with Gasteiger partial charge in [-0.1, -0.05) is 41.1 Å². The number of pyridine rings is 1. The fourth-order valence-electron chi connectivity index (χ4n) is 2.99. The number of thiazole rings is 1. The number of rotatable bonds is 5. The lowest BCUT2D eigenvalue weighted by Crippen LogP contribution is -2.11. The fraction of sp³-hybridized carbons (Fsp3) is 0.190. The van der Waals surface area contributed by atoms with Gasteiger partial charge in [0.1, 0.15) is 0 Å². The number of aromatic nitrogens is 2. The Kier molecular flexibility index (Phi) is 5.53. The summed E-state index contributed by atoms with van der Waals surface area (Å²) in [5.41, 5.74) is 4.23. The third-order valence-electron chi connectivity index (χ3n) is 4.40. The van der Waals surface area contributed by atoms with Gasteiger partial charge in [0.15, 0.2) is 5.13 Å². The van der Waals surface area contributed by atoms with Crippen molar-refractivity contribution in [1.29, 1.82) is 0 Å². The van der Waals surface area contributed by atoms with Crippen LogP contribution in [0, 0.1) is 13.8 Å². The molecule has 2 aromatic carbocycles. The molecule has 4 aromatic rings. The predicted molar refractivity (Wildman–Crippen MR) is 120 cm³/mol. The van der Waals surface area contributed by atoms with Gasteiger partial charge in [-0.25, -0.2) is 9.97 Å². The van der Waals surface area contributed by atoms with E-state index in [4.69, 9.17) is 16.6 Å². The monoisotopic (exact) mass is 427 g/mol. The number of hydrogen-bond acceptors (Lipinski definition) is 5. The number of nitrogens with one attached hydrogen (secondary N) is 1. The SMILES string of the molecule is Cc1cc(SCCC(=O)Nc2nc3ccc(Cl)cc3s2)nc2c(C)cccc12. The third-order valence-corrected chi connectivity index (χ3v) is 6.48. The van der Waals surface area contributed by atoms with Gasteiger partial charge in [0.05, 0.1) is 20.8 Å². The molecule has 0 atom stereocenters. The molecule has 28 heavy (non-hydrogen) atoms. The van der Waals surface area contributed by atoms with E-state index >= 15 is 0 Å². The topological polar surface area (TPSA) is 54.9 Å². The number of aryl methyl sites for hydroxylation is 2. The largest absolute Gasteiger partial charge is 0.302 e. The van der Waals surface area contributed by atoms with Gasteiger partial charge in [0.2, 0.25) is 5.91 Å². The predicted octanol–water partition coefficient (Wildman–Crippen LogP) is 6.24. The van der Waals surface area contributed by atoms with Crippen LogP contribution in [0.25, 0.3) is 21.1 Å². The van der Waals surface area contributed by atoms with Crippen LogP contribution in [0.5, 0.6) is 0 Å². The van der Waals surface area contributed by atoms with Crippen LogP contribution < -0.4 is 5.32 Å². The summed E-state index contributed by atoms with van der Waals surface area (Å²) < 4.78 is 0.961. The molecule has 0 unspecified atom stereocenters. The van der Waals surface area contributed by atoms with Crippen molar-refractivity contribution in [3.8, 4) is 0 Å². The van der Waals surface area contributed by atoms with E-state index < -0.39 is 0 Å². The fourth-order valence-corrected chi connectivity index (χ4v) is 5.06. The Balaban J connectivity index is 1.38. The first-order valence-corrected chi connectivity index (χ1v) is 11.0. The molecular weight excluding hydrogens is 410 g/mol. The van der Waals surface area contributed by atoms with E-state index in [1.165, 1.54) is 22.3 Å². The maximum atomic E-state index is 12.3. The van der Waals surface area contributed by atoms with Crippen molar-refractivity contribution in [2.75, 3.05) is 11.1 Å². The Morgan fingerprint density at radius 2 is 2.00 bits per heavy atom. The van der Waals surface area contributed by atoms with Gasteiger partial charge in [0.25, 0.3) is 0 Å². The lowest BCUT2D eigenvalue weighted by Gasteiger charge is -2.08. The van der Waals surface area contributed by atoms with E-state index in [2.05, 4.69) is 48.4 Å². The molecule has 4 rings (SSSR count). The Morgan fingerprint density at radius 1 is 1.14 bits per heavy atom. The van der Waals surface area contributed by atoms with E-state index in [9.17, 15) is 4.79 Å². The molecule has 2 heterocycles. The first kappa shape index (κ1) is 19.2. The molecule has 142 valence electrons. The van der Waals surface area contributed by atoms with Crippen LogP contribution in [-0.2, 0) is 4.79 Å². The number of carbonyl (C=O) groups is 1. The van der Waals surface area contributed by atoms with Gasteiger partial charge >= 0.3 is 0 Å². The third kappa shape index (κ3) is 4.14. The summed E-state index contributed by atoms with van der Waals surface area (Å²) >= 11 is 9.03. The molecule has 0 fully saturated rings. The molecule has 0 spiro atoms. The maximum Gasteiger partial charge on any atom is 0.226 e. The summed E-state index contributed by atoms with van der Waals surface area (Å²) in [5, 5.41) is 6.27. The number of para-hydroxylation sites is 1. The Hall–Kier alpha value is -2.15. The van der Waals surface area contributed by atoms with Crippen LogP contribution in [0.3, 0.4) is 0 Å². The van der Waals surface area contributed by atoms with E-state index in [1.54, 1.807) is 17.8 Å². The average Bonchev–Trinajstić information content (AvgIpc) is 3.04. The molecule has 0 aliphatic rings. The molecule has 1 amide bonds. The van der Waals surface area contributed by atoms with Gasteiger partial charge in [-0.3, -0.25) is 4.79 Å². The van der Waals surface area contributed by atoms with Crippen LogP contribution in [0.4, 0.5) is 5.13 Å². The second-order valence-corrected chi connectivity index (χ2v) is 9.11. The Morgan fingerprint density at radius 3 is 2.86 bits per heavy atom.